The third-order valence-electron chi connectivity index (χ3n) is 2.86. The maximum Gasteiger partial charge on any atom is 0.138 e. The average molecular weight is 312 g/mol. The van der Waals surface area contributed by atoms with Crippen LogP contribution in [0, 0.1) is 25.5 Å². The number of rotatable bonds is 3. The lowest BCUT2D eigenvalue weighted by molar-refractivity contribution is 0.600. The molecule has 2 aromatic carbocycles. The van der Waals surface area contributed by atoms with Gasteiger partial charge < -0.3 is 11.5 Å². The van der Waals surface area contributed by atoms with Crippen LogP contribution in [0.25, 0.3) is 0 Å². The lowest BCUT2D eigenvalue weighted by Crippen LogP contribution is -1.93. The highest BCUT2D eigenvalue weighted by atomic mass is 33.1. The van der Waals surface area contributed by atoms with Gasteiger partial charge in [-0.3, -0.25) is 0 Å². The zero-order valence-corrected chi connectivity index (χ0v) is 12.7. The van der Waals surface area contributed by atoms with Crippen LogP contribution in [0.2, 0.25) is 0 Å². The highest BCUT2D eigenvalue weighted by Crippen LogP contribution is 2.41. The molecule has 0 saturated heterocycles. The molecular formula is C14H14F2N2S2. The van der Waals surface area contributed by atoms with Gasteiger partial charge >= 0.3 is 0 Å². The van der Waals surface area contributed by atoms with Gasteiger partial charge in [0.05, 0.1) is 9.79 Å². The first-order valence-electron chi connectivity index (χ1n) is 5.84. The predicted molar refractivity (Wildman–Crippen MR) is 82.8 cm³/mol. The Morgan fingerprint density at radius 3 is 1.45 bits per heavy atom. The quantitative estimate of drug-likeness (QED) is 0.645. The molecule has 0 bridgehead atoms. The SMILES string of the molecule is Cc1cc(F)c(SSc2cc(N)c(C)cc2F)cc1N. The standard InChI is InChI=1S/C14H14F2N2S2/c1-7-3-9(15)13(5-11(7)17)19-20-14-6-12(18)8(2)4-10(14)16/h3-6H,17-18H2,1-2H3. The number of nitrogen functional groups attached to an aromatic ring is 2. The Hall–Kier alpha value is -1.40. The van der Waals surface area contributed by atoms with Crippen molar-refractivity contribution in [3.8, 4) is 0 Å². The van der Waals surface area contributed by atoms with Gasteiger partial charge in [0.25, 0.3) is 0 Å². The first-order chi connectivity index (χ1) is 9.38. The highest BCUT2D eigenvalue weighted by molar-refractivity contribution is 8.76. The van der Waals surface area contributed by atoms with Crippen molar-refractivity contribution >= 4 is 33.0 Å². The van der Waals surface area contributed by atoms with Crippen LogP contribution in [0.3, 0.4) is 0 Å². The molecule has 6 heteroatoms. The van der Waals surface area contributed by atoms with Crippen LogP contribution >= 0.6 is 21.6 Å². The Labute approximate surface area is 124 Å². The van der Waals surface area contributed by atoms with Crippen molar-refractivity contribution in [1.82, 2.24) is 0 Å². The summed E-state index contributed by atoms with van der Waals surface area (Å²) >= 11 is 0. The first-order valence-corrected chi connectivity index (χ1v) is 7.99. The minimum atomic E-state index is -0.366. The molecule has 2 aromatic rings. The minimum Gasteiger partial charge on any atom is -0.398 e. The third kappa shape index (κ3) is 3.19. The molecule has 0 amide bonds. The Kier molecular flexibility index (Phi) is 4.45. The molecule has 20 heavy (non-hydrogen) atoms. The number of anilines is 2. The van der Waals surface area contributed by atoms with E-state index in [9.17, 15) is 8.78 Å². The van der Waals surface area contributed by atoms with Crippen molar-refractivity contribution in [2.24, 2.45) is 0 Å². The molecule has 0 aliphatic heterocycles. The average Bonchev–Trinajstić information content (AvgIpc) is 2.37. The maximum absolute atomic E-state index is 13.8. The van der Waals surface area contributed by atoms with Crippen molar-refractivity contribution in [2.75, 3.05) is 11.5 Å². The number of benzene rings is 2. The molecule has 0 aliphatic carbocycles. The molecule has 0 heterocycles. The lowest BCUT2D eigenvalue weighted by Gasteiger charge is -2.08. The fourth-order valence-electron chi connectivity index (χ4n) is 1.55. The van der Waals surface area contributed by atoms with Crippen molar-refractivity contribution in [2.45, 2.75) is 23.6 Å². The summed E-state index contributed by atoms with van der Waals surface area (Å²) in [4.78, 5) is 0.744. The summed E-state index contributed by atoms with van der Waals surface area (Å²) in [6, 6.07) is 5.85. The van der Waals surface area contributed by atoms with Crippen molar-refractivity contribution in [3.05, 3.63) is 47.0 Å². The second kappa shape index (κ2) is 5.93. The Morgan fingerprint density at radius 2 is 1.10 bits per heavy atom. The zero-order chi connectivity index (χ0) is 14.9. The molecule has 106 valence electrons. The first kappa shape index (κ1) is 15.0. The van der Waals surface area contributed by atoms with Crippen molar-refractivity contribution < 1.29 is 8.78 Å². The van der Waals surface area contributed by atoms with Crippen LogP contribution in [-0.2, 0) is 0 Å². The van der Waals surface area contributed by atoms with Gasteiger partial charge in [0.2, 0.25) is 0 Å². The van der Waals surface area contributed by atoms with Gasteiger partial charge in [0, 0.05) is 11.4 Å². The van der Waals surface area contributed by atoms with Crippen molar-refractivity contribution in [3.63, 3.8) is 0 Å². The van der Waals surface area contributed by atoms with E-state index in [0.717, 1.165) is 21.6 Å². The topological polar surface area (TPSA) is 52.0 Å². The minimum absolute atomic E-state index is 0.366. The van der Waals surface area contributed by atoms with Gasteiger partial charge in [-0.25, -0.2) is 8.78 Å². The summed E-state index contributed by atoms with van der Waals surface area (Å²) in [5.74, 6) is -0.732. The largest absolute Gasteiger partial charge is 0.398 e. The van der Waals surface area contributed by atoms with E-state index in [1.807, 2.05) is 0 Å². The van der Waals surface area contributed by atoms with Crippen LogP contribution in [0.1, 0.15) is 11.1 Å². The molecule has 0 saturated carbocycles. The molecule has 2 rings (SSSR count). The van der Waals surface area contributed by atoms with E-state index in [1.165, 1.54) is 12.1 Å². The summed E-state index contributed by atoms with van der Waals surface area (Å²) in [7, 11) is 2.24. The van der Waals surface area contributed by atoms with Gasteiger partial charge in [-0.05, 0) is 70.8 Å². The summed E-state index contributed by atoms with van der Waals surface area (Å²) in [5, 5.41) is 0. The van der Waals surface area contributed by atoms with Gasteiger partial charge in [-0.15, -0.1) is 0 Å². The molecule has 4 N–H and O–H groups in total. The maximum atomic E-state index is 13.8. The molecule has 0 unspecified atom stereocenters. The molecule has 0 spiro atoms. The van der Waals surface area contributed by atoms with Crippen LogP contribution < -0.4 is 11.5 Å². The van der Waals surface area contributed by atoms with Gasteiger partial charge in [0.15, 0.2) is 0 Å². The number of hydrogen-bond donors (Lipinski definition) is 2. The number of aryl methyl sites for hydroxylation is 2. The monoisotopic (exact) mass is 312 g/mol. The molecule has 0 aromatic heterocycles. The van der Waals surface area contributed by atoms with Crippen LogP contribution in [-0.4, -0.2) is 0 Å². The van der Waals surface area contributed by atoms with Gasteiger partial charge in [-0.1, -0.05) is 0 Å². The van der Waals surface area contributed by atoms with Crippen LogP contribution in [0.4, 0.5) is 20.2 Å². The smallest absolute Gasteiger partial charge is 0.138 e. The van der Waals surface area contributed by atoms with E-state index < -0.39 is 0 Å². The second-order valence-electron chi connectivity index (χ2n) is 4.45. The van der Waals surface area contributed by atoms with Crippen LogP contribution in [0.5, 0.6) is 0 Å². The van der Waals surface area contributed by atoms with E-state index in [0.29, 0.717) is 32.3 Å². The zero-order valence-electron chi connectivity index (χ0n) is 11.0. The normalized spacial score (nSPS) is 10.8. The Morgan fingerprint density at radius 1 is 0.750 bits per heavy atom. The highest BCUT2D eigenvalue weighted by Gasteiger charge is 2.11. The molecule has 0 atom stereocenters. The fourth-order valence-corrected chi connectivity index (χ4v) is 3.67. The Balaban J connectivity index is 2.21. The number of halogens is 2. The third-order valence-corrected chi connectivity index (χ3v) is 5.26. The molecule has 0 radical (unpaired) electrons. The summed E-state index contributed by atoms with van der Waals surface area (Å²) < 4.78 is 27.5. The molecule has 2 nitrogen and oxygen atoms in total. The number of nitrogens with two attached hydrogens (primary N) is 2. The van der Waals surface area contributed by atoms with E-state index in [4.69, 9.17) is 11.5 Å². The Bertz CT molecular complexity index is 603. The van der Waals surface area contributed by atoms with Crippen LogP contribution in [0.15, 0.2) is 34.1 Å². The molecule has 0 fully saturated rings. The van der Waals surface area contributed by atoms with Gasteiger partial charge in [0.1, 0.15) is 11.6 Å². The van der Waals surface area contributed by atoms with E-state index in [1.54, 1.807) is 26.0 Å². The number of hydrogen-bond acceptors (Lipinski definition) is 4. The summed E-state index contributed by atoms with van der Waals surface area (Å²) in [5.41, 5.74) is 13.9. The molecular weight excluding hydrogens is 298 g/mol. The predicted octanol–water partition coefficient (Wildman–Crippen LogP) is 4.55. The van der Waals surface area contributed by atoms with Crippen molar-refractivity contribution in [1.29, 1.82) is 0 Å². The summed E-state index contributed by atoms with van der Waals surface area (Å²) in [6.45, 7) is 3.47. The van der Waals surface area contributed by atoms with E-state index >= 15 is 0 Å². The van der Waals surface area contributed by atoms with E-state index in [-0.39, 0.29) is 11.6 Å². The molecule has 0 aliphatic rings. The fraction of sp³-hybridized carbons (Fsp3) is 0.143. The summed E-state index contributed by atoms with van der Waals surface area (Å²) in [6.07, 6.45) is 0. The second-order valence-corrected chi connectivity index (χ2v) is 6.66. The van der Waals surface area contributed by atoms with E-state index in [2.05, 4.69) is 0 Å². The van der Waals surface area contributed by atoms with Gasteiger partial charge in [-0.2, -0.15) is 0 Å². The lowest BCUT2D eigenvalue weighted by atomic mass is 10.2.